The van der Waals surface area contributed by atoms with Crippen LogP contribution in [-0.2, 0) is 22.3 Å². The monoisotopic (exact) mass is 688 g/mol. The molecule has 3 rings (SSSR count). The van der Waals surface area contributed by atoms with Crippen LogP contribution >= 0.6 is 23.4 Å². The number of hydrogen-bond acceptors (Lipinski definition) is 7. The number of aromatic nitrogens is 1. The van der Waals surface area contributed by atoms with Crippen molar-refractivity contribution in [3.05, 3.63) is 82.6 Å². The summed E-state index contributed by atoms with van der Waals surface area (Å²) >= 11 is 7.42. The number of carbonyl (C=O) groups excluding carboxylic acids is 2. The number of nitrogens with zero attached hydrogens (tertiary/aromatic N) is 1. The minimum Gasteiger partial charge on any atom is -0.444 e. The number of ether oxygens (including phenoxy) is 2. The molecule has 1 heterocycles. The maximum atomic E-state index is 12.8. The van der Waals surface area contributed by atoms with Crippen molar-refractivity contribution in [1.82, 2.24) is 15.6 Å². The van der Waals surface area contributed by atoms with Crippen molar-refractivity contribution in [2.24, 2.45) is 0 Å². The second-order valence-corrected chi connectivity index (χ2v) is 12.2. The largest absolute Gasteiger partial charge is 0.444 e. The molecule has 0 unspecified atom stereocenters. The number of carbonyl (C=O) groups is 2. The molecule has 0 atom stereocenters. The third kappa shape index (κ3) is 20.0. The SMILES string of the molecule is CC.CCNCCOCCNC(=O)c1ncc(-c2cccc(CC)c2)cc1NC(=O)OC(C)(C)C.CCc1ccc(Cl)cc1.CSC. The quantitative estimate of drug-likeness (QED) is 0.163. The minimum atomic E-state index is -0.670. The van der Waals surface area contributed by atoms with Crippen LogP contribution in [-0.4, -0.2) is 67.9 Å². The Bertz CT molecular complexity index is 1280. The van der Waals surface area contributed by atoms with E-state index in [0.717, 1.165) is 42.1 Å². The first-order valence-corrected chi connectivity index (χ1v) is 18.3. The molecule has 8 nitrogen and oxygen atoms in total. The number of pyridine rings is 1. The van der Waals surface area contributed by atoms with Crippen molar-refractivity contribution in [3.63, 3.8) is 0 Å². The maximum absolute atomic E-state index is 12.8. The van der Waals surface area contributed by atoms with Crippen molar-refractivity contribution in [2.75, 3.05) is 50.7 Å². The molecule has 0 bridgehead atoms. The van der Waals surface area contributed by atoms with E-state index >= 15 is 0 Å². The molecule has 3 N–H and O–H groups in total. The summed E-state index contributed by atoms with van der Waals surface area (Å²) < 4.78 is 10.9. The van der Waals surface area contributed by atoms with Gasteiger partial charge >= 0.3 is 6.09 Å². The van der Waals surface area contributed by atoms with Gasteiger partial charge in [0.2, 0.25) is 0 Å². The van der Waals surface area contributed by atoms with Crippen LogP contribution in [0.1, 0.15) is 77.0 Å². The van der Waals surface area contributed by atoms with Gasteiger partial charge in [0.05, 0.1) is 18.9 Å². The summed E-state index contributed by atoms with van der Waals surface area (Å²) in [6, 6.07) is 17.7. The number of aryl methyl sites for hydroxylation is 2. The zero-order valence-corrected chi connectivity index (χ0v) is 31.7. The van der Waals surface area contributed by atoms with Gasteiger partial charge in [0.25, 0.3) is 5.91 Å². The minimum absolute atomic E-state index is 0.115. The van der Waals surface area contributed by atoms with Gasteiger partial charge in [-0.3, -0.25) is 10.1 Å². The van der Waals surface area contributed by atoms with Crippen LogP contribution in [0.3, 0.4) is 0 Å². The molecule has 0 aliphatic carbocycles. The van der Waals surface area contributed by atoms with Crippen LogP contribution in [0.25, 0.3) is 11.1 Å². The van der Waals surface area contributed by atoms with E-state index < -0.39 is 17.6 Å². The normalized spacial score (nSPS) is 10.2. The van der Waals surface area contributed by atoms with Gasteiger partial charge in [-0.05, 0) is 87.6 Å². The van der Waals surface area contributed by atoms with Crippen LogP contribution in [0.2, 0.25) is 5.02 Å². The number of anilines is 1. The Balaban J connectivity index is 0.00000126. The van der Waals surface area contributed by atoms with E-state index in [9.17, 15) is 9.59 Å². The molecule has 0 aliphatic heterocycles. The first kappa shape index (κ1) is 43.9. The molecule has 0 aliphatic rings. The van der Waals surface area contributed by atoms with E-state index in [4.69, 9.17) is 21.1 Å². The average Bonchev–Trinajstić information content (AvgIpc) is 3.05. The van der Waals surface area contributed by atoms with Crippen LogP contribution in [0.4, 0.5) is 10.5 Å². The molecule has 1 aromatic heterocycles. The highest BCUT2D eigenvalue weighted by molar-refractivity contribution is 7.97. The third-order valence-corrected chi connectivity index (χ3v) is 6.19. The molecular formula is C37H57ClN4O4S. The number of hydrogen-bond donors (Lipinski definition) is 3. The fourth-order valence-electron chi connectivity index (χ4n) is 3.75. The Morgan fingerprint density at radius 2 is 1.49 bits per heavy atom. The van der Waals surface area contributed by atoms with Gasteiger partial charge < -0.3 is 20.1 Å². The highest BCUT2D eigenvalue weighted by Gasteiger charge is 2.20. The van der Waals surface area contributed by atoms with Crippen molar-refractivity contribution in [1.29, 1.82) is 0 Å². The highest BCUT2D eigenvalue weighted by atomic mass is 35.5. The van der Waals surface area contributed by atoms with Crippen LogP contribution < -0.4 is 16.0 Å². The molecule has 3 aromatic rings. The first-order chi connectivity index (χ1) is 22.5. The van der Waals surface area contributed by atoms with E-state index in [1.807, 2.05) is 69.7 Å². The highest BCUT2D eigenvalue weighted by Crippen LogP contribution is 2.26. The number of rotatable bonds is 12. The Labute approximate surface area is 293 Å². The molecule has 0 radical (unpaired) electrons. The molecular weight excluding hydrogens is 632 g/mol. The van der Waals surface area contributed by atoms with Crippen molar-refractivity contribution >= 4 is 41.1 Å². The lowest BCUT2D eigenvalue weighted by Gasteiger charge is -2.20. The van der Waals surface area contributed by atoms with Crippen LogP contribution in [0, 0.1) is 0 Å². The topological polar surface area (TPSA) is 102 Å². The Hall–Kier alpha value is -3.11. The lowest BCUT2D eigenvalue weighted by molar-refractivity contribution is 0.0636. The second-order valence-electron chi connectivity index (χ2n) is 10.9. The smallest absolute Gasteiger partial charge is 0.412 e. The van der Waals surface area contributed by atoms with Gasteiger partial charge in [0.15, 0.2) is 5.69 Å². The predicted molar refractivity (Wildman–Crippen MR) is 202 cm³/mol. The van der Waals surface area contributed by atoms with E-state index in [-0.39, 0.29) is 11.4 Å². The standard InChI is InChI=1S/C25H36N4O4.C8H9Cl.C2H6S.C2H6/c1-6-18-9-8-10-19(15-18)20-16-21(29-24(31)33-25(3,4)5)22(28-17-20)23(30)27-12-14-32-13-11-26-7-2;1-2-7-3-5-8(9)6-4-7;1-3-2;1-2/h8-10,15-17,26H,6-7,11-14H2,1-5H3,(H,27,30)(H,29,31);3-6H,2H2,1H3;1-2H3;1-2H3. The van der Waals surface area contributed by atoms with Crippen molar-refractivity contribution < 1.29 is 19.1 Å². The maximum Gasteiger partial charge on any atom is 0.412 e. The molecule has 0 fully saturated rings. The predicted octanol–water partition coefficient (Wildman–Crippen LogP) is 8.92. The molecule has 0 saturated carbocycles. The lowest BCUT2D eigenvalue weighted by Crippen LogP contribution is -2.31. The van der Waals surface area contributed by atoms with Gasteiger partial charge in [-0.1, -0.05) is 82.6 Å². The van der Waals surface area contributed by atoms with Crippen LogP contribution in [0.15, 0.2) is 60.8 Å². The number of thioether (sulfide) groups is 1. The molecule has 47 heavy (non-hydrogen) atoms. The zero-order chi connectivity index (χ0) is 35.7. The Kier molecular flexibility index (Phi) is 24.2. The molecule has 2 aromatic carbocycles. The Morgan fingerprint density at radius 1 is 0.872 bits per heavy atom. The molecule has 0 spiro atoms. The first-order valence-electron chi connectivity index (χ1n) is 16.3. The van der Waals surface area contributed by atoms with E-state index in [1.54, 1.807) is 44.8 Å². The molecule has 262 valence electrons. The second kappa shape index (κ2) is 25.9. The van der Waals surface area contributed by atoms with E-state index in [2.05, 4.69) is 46.9 Å². The van der Waals surface area contributed by atoms with E-state index in [0.29, 0.717) is 19.8 Å². The van der Waals surface area contributed by atoms with Gasteiger partial charge in [0, 0.05) is 29.9 Å². The van der Waals surface area contributed by atoms with Gasteiger partial charge in [-0.2, -0.15) is 11.8 Å². The van der Waals surface area contributed by atoms with Crippen molar-refractivity contribution in [3.8, 4) is 11.1 Å². The lowest BCUT2D eigenvalue weighted by atomic mass is 10.0. The summed E-state index contributed by atoms with van der Waals surface area (Å²) in [6.07, 6.45) is 7.06. The summed E-state index contributed by atoms with van der Waals surface area (Å²) in [5, 5.41) is 9.46. The number of nitrogens with one attached hydrogen (secondary N) is 3. The number of benzene rings is 2. The van der Waals surface area contributed by atoms with Gasteiger partial charge in [-0.25, -0.2) is 9.78 Å². The number of likely N-dealkylation sites (N-methyl/N-ethyl adjacent to an activating group) is 1. The fraction of sp³-hybridized carbons (Fsp3) is 0.486. The summed E-state index contributed by atoms with van der Waals surface area (Å²) in [6.45, 7) is 18.5. The number of amides is 2. The zero-order valence-electron chi connectivity index (χ0n) is 30.1. The molecule has 10 heteroatoms. The van der Waals surface area contributed by atoms with Gasteiger partial charge in [-0.15, -0.1) is 0 Å². The summed E-state index contributed by atoms with van der Waals surface area (Å²) in [5.74, 6) is -0.398. The Morgan fingerprint density at radius 3 is 2.06 bits per heavy atom. The average molecular weight is 689 g/mol. The van der Waals surface area contributed by atoms with E-state index in [1.165, 1.54) is 11.1 Å². The summed E-state index contributed by atoms with van der Waals surface area (Å²) in [5.41, 5.74) is 3.99. The van der Waals surface area contributed by atoms with Crippen LogP contribution in [0.5, 0.6) is 0 Å². The van der Waals surface area contributed by atoms with Gasteiger partial charge in [0.1, 0.15) is 5.60 Å². The molecule has 2 amide bonds. The third-order valence-electron chi connectivity index (χ3n) is 5.93. The summed E-state index contributed by atoms with van der Waals surface area (Å²) in [4.78, 5) is 29.6. The fourth-order valence-corrected chi connectivity index (χ4v) is 3.87. The summed E-state index contributed by atoms with van der Waals surface area (Å²) in [7, 11) is 0. The molecule has 0 saturated heterocycles. The number of halogens is 1. The van der Waals surface area contributed by atoms with Crippen molar-refractivity contribution in [2.45, 2.75) is 73.8 Å².